The zero-order valence-corrected chi connectivity index (χ0v) is 12.8. The number of ether oxygens (including phenoxy) is 1. The number of halogens is 1. The molecule has 0 aromatic heterocycles. The van der Waals surface area contributed by atoms with Crippen molar-refractivity contribution in [1.82, 2.24) is 10.2 Å². The number of rotatable bonds is 4. The minimum absolute atomic E-state index is 0.282. The van der Waals surface area contributed by atoms with Crippen LogP contribution >= 0.6 is 11.6 Å². The first-order valence-electron chi connectivity index (χ1n) is 7.53. The molecule has 0 saturated carbocycles. The lowest BCUT2D eigenvalue weighted by Crippen LogP contribution is -2.54. The van der Waals surface area contributed by atoms with E-state index in [1.54, 1.807) is 0 Å². The summed E-state index contributed by atoms with van der Waals surface area (Å²) in [4.78, 5) is 2.60. The molecule has 20 heavy (non-hydrogen) atoms. The Balaban J connectivity index is 1.62. The number of nitrogens with zero attached hydrogens (tertiary/aromatic N) is 1. The maximum atomic E-state index is 6.11. The molecule has 2 heterocycles. The van der Waals surface area contributed by atoms with Gasteiger partial charge in [0.2, 0.25) is 0 Å². The first-order valence-corrected chi connectivity index (χ1v) is 7.91. The number of likely N-dealkylation sites (N-methyl/N-ethyl adjacent to an activating group) is 1. The van der Waals surface area contributed by atoms with Gasteiger partial charge in [-0.2, -0.15) is 0 Å². The van der Waals surface area contributed by atoms with Crippen LogP contribution in [0.1, 0.15) is 18.4 Å². The van der Waals surface area contributed by atoms with Gasteiger partial charge < -0.3 is 10.1 Å². The summed E-state index contributed by atoms with van der Waals surface area (Å²) in [6.07, 6.45) is 3.89. The number of benzene rings is 1. The van der Waals surface area contributed by atoms with Crippen LogP contribution in [0.5, 0.6) is 0 Å². The van der Waals surface area contributed by atoms with Crippen molar-refractivity contribution < 1.29 is 4.74 Å². The first kappa shape index (κ1) is 14.3. The molecule has 2 fully saturated rings. The second kappa shape index (κ2) is 6.44. The molecule has 1 N–H and O–H groups in total. The summed E-state index contributed by atoms with van der Waals surface area (Å²) in [6.45, 7) is 3.19. The van der Waals surface area contributed by atoms with E-state index in [1.165, 1.54) is 24.9 Å². The summed E-state index contributed by atoms with van der Waals surface area (Å²) in [5, 5.41) is 4.23. The summed E-state index contributed by atoms with van der Waals surface area (Å²) in [5.41, 5.74) is 1.31. The normalized spacial score (nSPS) is 28.3. The summed E-state index contributed by atoms with van der Waals surface area (Å²) >= 11 is 5.94. The molecular weight excluding hydrogens is 272 g/mol. The van der Waals surface area contributed by atoms with E-state index in [1.807, 2.05) is 19.2 Å². The molecule has 2 aliphatic heterocycles. The average Bonchev–Trinajstić information content (AvgIpc) is 2.94. The molecule has 0 bridgehead atoms. The molecule has 3 unspecified atom stereocenters. The molecule has 1 aromatic carbocycles. The topological polar surface area (TPSA) is 24.5 Å². The fraction of sp³-hybridized carbons (Fsp3) is 0.625. The predicted molar refractivity (Wildman–Crippen MR) is 82.3 cm³/mol. The molecular formula is C16H23ClN2O. The molecule has 3 nitrogen and oxygen atoms in total. The van der Waals surface area contributed by atoms with Crippen LogP contribution in [0.4, 0.5) is 0 Å². The average molecular weight is 295 g/mol. The highest BCUT2D eigenvalue weighted by Crippen LogP contribution is 2.24. The molecule has 2 aliphatic rings. The predicted octanol–water partition coefficient (Wildman–Crippen LogP) is 2.33. The van der Waals surface area contributed by atoms with Crippen molar-refractivity contribution in [3.05, 3.63) is 34.9 Å². The molecule has 0 amide bonds. The van der Waals surface area contributed by atoms with Crippen LogP contribution in [0.25, 0.3) is 0 Å². The van der Waals surface area contributed by atoms with Gasteiger partial charge >= 0.3 is 0 Å². The fourth-order valence-corrected chi connectivity index (χ4v) is 3.51. The van der Waals surface area contributed by atoms with Gasteiger partial charge in [0.25, 0.3) is 0 Å². The zero-order chi connectivity index (χ0) is 13.9. The van der Waals surface area contributed by atoms with E-state index >= 15 is 0 Å². The highest BCUT2D eigenvalue weighted by Gasteiger charge is 2.35. The van der Waals surface area contributed by atoms with Gasteiger partial charge in [0, 0.05) is 23.7 Å². The Morgan fingerprint density at radius 2 is 2.20 bits per heavy atom. The summed E-state index contributed by atoms with van der Waals surface area (Å²) < 4.78 is 6.11. The molecule has 0 aliphatic carbocycles. The molecule has 2 saturated heterocycles. The molecule has 0 radical (unpaired) electrons. The van der Waals surface area contributed by atoms with Gasteiger partial charge in [0.05, 0.1) is 12.7 Å². The summed E-state index contributed by atoms with van der Waals surface area (Å²) in [7, 11) is 2.03. The van der Waals surface area contributed by atoms with Crippen LogP contribution in [0.2, 0.25) is 5.02 Å². The van der Waals surface area contributed by atoms with Crippen molar-refractivity contribution in [3.63, 3.8) is 0 Å². The van der Waals surface area contributed by atoms with Gasteiger partial charge in [-0.3, -0.25) is 4.90 Å². The Labute approximate surface area is 126 Å². The van der Waals surface area contributed by atoms with E-state index in [2.05, 4.69) is 22.3 Å². The quantitative estimate of drug-likeness (QED) is 0.922. The molecule has 1 aromatic rings. The maximum absolute atomic E-state index is 6.11. The Morgan fingerprint density at radius 1 is 1.40 bits per heavy atom. The summed E-state index contributed by atoms with van der Waals surface area (Å²) in [5.74, 6) is 0. The largest absolute Gasteiger partial charge is 0.374 e. The first-order chi connectivity index (χ1) is 9.76. The van der Waals surface area contributed by atoms with E-state index in [-0.39, 0.29) is 6.10 Å². The molecule has 3 rings (SSSR count). The summed E-state index contributed by atoms with van der Waals surface area (Å²) in [6, 6.07) is 9.16. The van der Waals surface area contributed by atoms with Crippen molar-refractivity contribution >= 4 is 11.6 Å². The van der Waals surface area contributed by atoms with Crippen LogP contribution in [-0.4, -0.2) is 49.8 Å². The van der Waals surface area contributed by atoms with Gasteiger partial charge in [-0.1, -0.05) is 23.7 Å². The minimum atomic E-state index is 0.282. The lowest BCUT2D eigenvalue weighted by Gasteiger charge is -2.38. The van der Waals surface area contributed by atoms with Gasteiger partial charge in [0.1, 0.15) is 0 Å². The number of hydrogen-bond donors (Lipinski definition) is 1. The van der Waals surface area contributed by atoms with Crippen LogP contribution in [0.15, 0.2) is 24.3 Å². The number of nitrogens with one attached hydrogen (secondary N) is 1. The smallest absolute Gasteiger partial charge is 0.0858 e. The molecule has 4 heteroatoms. The Hall–Kier alpha value is -0.610. The number of fused-ring (bicyclic) bond motifs is 1. The van der Waals surface area contributed by atoms with Crippen molar-refractivity contribution in [2.45, 2.75) is 37.5 Å². The molecule has 110 valence electrons. The van der Waals surface area contributed by atoms with Crippen LogP contribution in [-0.2, 0) is 11.2 Å². The third kappa shape index (κ3) is 3.17. The highest BCUT2D eigenvalue weighted by atomic mass is 35.5. The Morgan fingerprint density at radius 3 is 2.95 bits per heavy atom. The van der Waals surface area contributed by atoms with E-state index < -0.39 is 0 Å². The fourth-order valence-electron chi connectivity index (χ4n) is 3.38. The zero-order valence-electron chi connectivity index (χ0n) is 12.0. The minimum Gasteiger partial charge on any atom is -0.374 e. The van der Waals surface area contributed by atoms with Gasteiger partial charge in [-0.05, 0) is 50.6 Å². The standard InChI is InChI=1S/C16H23ClN2O/c1-18-15(9-12-4-6-13(17)7-5-12)16-10-19-8-2-3-14(19)11-20-16/h4-7,14-16,18H,2-3,8-11H2,1H3. The third-order valence-electron chi connectivity index (χ3n) is 4.60. The maximum Gasteiger partial charge on any atom is 0.0858 e. The third-order valence-corrected chi connectivity index (χ3v) is 4.86. The van der Waals surface area contributed by atoms with Gasteiger partial charge in [0.15, 0.2) is 0 Å². The van der Waals surface area contributed by atoms with Crippen molar-refractivity contribution in [2.75, 3.05) is 26.7 Å². The van der Waals surface area contributed by atoms with E-state index in [0.717, 1.165) is 24.6 Å². The highest BCUT2D eigenvalue weighted by molar-refractivity contribution is 6.30. The van der Waals surface area contributed by atoms with Crippen molar-refractivity contribution in [2.24, 2.45) is 0 Å². The molecule has 0 spiro atoms. The van der Waals surface area contributed by atoms with E-state index in [4.69, 9.17) is 16.3 Å². The van der Waals surface area contributed by atoms with Crippen LogP contribution < -0.4 is 5.32 Å². The van der Waals surface area contributed by atoms with Crippen LogP contribution in [0, 0.1) is 0 Å². The van der Waals surface area contributed by atoms with Gasteiger partial charge in [-0.15, -0.1) is 0 Å². The van der Waals surface area contributed by atoms with Crippen molar-refractivity contribution in [1.29, 1.82) is 0 Å². The van der Waals surface area contributed by atoms with E-state index in [0.29, 0.717) is 12.1 Å². The van der Waals surface area contributed by atoms with Gasteiger partial charge in [-0.25, -0.2) is 0 Å². The second-order valence-corrected chi connectivity index (χ2v) is 6.32. The van der Waals surface area contributed by atoms with Crippen molar-refractivity contribution in [3.8, 4) is 0 Å². The lowest BCUT2D eigenvalue weighted by molar-refractivity contribution is -0.0634. The second-order valence-electron chi connectivity index (χ2n) is 5.89. The lowest BCUT2D eigenvalue weighted by atomic mass is 9.99. The number of morpholine rings is 1. The Bertz CT molecular complexity index is 437. The number of hydrogen-bond acceptors (Lipinski definition) is 3. The monoisotopic (exact) mass is 294 g/mol. The Kier molecular flexibility index (Phi) is 4.61. The SMILES string of the molecule is CNC(Cc1ccc(Cl)cc1)C1CN2CCCC2CO1. The van der Waals surface area contributed by atoms with E-state index in [9.17, 15) is 0 Å². The molecule has 3 atom stereocenters. The van der Waals surface area contributed by atoms with Crippen LogP contribution in [0.3, 0.4) is 0 Å².